The molecule has 2 amide bonds. The highest BCUT2D eigenvalue weighted by molar-refractivity contribution is 7.75. The second-order valence-corrected chi connectivity index (χ2v) is 10.2. The largest absolute Gasteiger partial charge is 0.333 e. The van der Waals surface area contributed by atoms with Crippen molar-refractivity contribution in [2.45, 2.75) is 30.7 Å². The van der Waals surface area contributed by atoms with E-state index in [4.69, 9.17) is 8.37 Å². The van der Waals surface area contributed by atoms with E-state index in [1.807, 2.05) is 48.5 Å². The summed E-state index contributed by atoms with van der Waals surface area (Å²) in [5.74, 6) is -0.731. The average Bonchev–Trinajstić information content (AvgIpc) is 3.58. The van der Waals surface area contributed by atoms with Crippen molar-refractivity contribution in [3.63, 3.8) is 0 Å². The van der Waals surface area contributed by atoms with Crippen LogP contribution in [0.25, 0.3) is 43.6 Å². The van der Waals surface area contributed by atoms with Crippen LogP contribution in [-0.4, -0.2) is 37.4 Å². The van der Waals surface area contributed by atoms with Crippen LogP contribution in [0.1, 0.15) is 39.2 Å². The second-order valence-electron chi connectivity index (χ2n) is 9.45. The Morgan fingerprint density at radius 2 is 1.24 bits per heavy atom. The molecule has 2 bridgehead atoms. The molecule has 1 saturated carbocycles. The Kier molecular flexibility index (Phi) is 2.93. The molecule has 34 heavy (non-hydrogen) atoms. The molecule has 9 rings (SSSR count). The van der Waals surface area contributed by atoms with Gasteiger partial charge < -0.3 is 9.13 Å². The predicted molar refractivity (Wildman–Crippen MR) is 125 cm³/mol. The van der Waals surface area contributed by atoms with Crippen LogP contribution in [0, 0.1) is 0 Å². The maximum Gasteiger partial charge on any atom is 0.305 e. The quantitative estimate of drug-likeness (QED) is 0.350. The fourth-order valence-electron chi connectivity index (χ4n) is 7.02. The highest BCUT2D eigenvalue weighted by Gasteiger charge is 2.56. The third-order valence-electron chi connectivity index (χ3n) is 8.08. The smallest absolute Gasteiger partial charge is 0.305 e. The first-order chi connectivity index (χ1) is 16.6. The lowest BCUT2D eigenvalue weighted by molar-refractivity contribution is 0.0880. The third-order valence-corrected chi connectivity index (χ3v) is 8.84. The fourth-order valence-corrected chi connectivity index (χ4v) is 7.90. The first-order valence-electron chi connectivity index (χ1n) is 11.3. The summed E-state index contributed by atoms with van der Waals surface area (Å²) in [4.78, 5) is 26.4. The third kappa shape index (κ3) is 1.76. The fraction of sp³-hybridized carbons (Fsp3) is 0.200. The number of rotatable bonds is 0. The number of nitrogens with zero attached hydrogens (tertiary/aromatic N) is 2. The Labute approximate surface area is 193 Å². The van der Waals surface area contributed by atoms with E-state index in [2.05, 4.69) is 14.5 Å². The molecule has 5 aromatic rings. The topological polar surface area (TPSA) is 91.6 Å². The van der Waals surface area contributed by atoms with Crippen molar-refractivity contribution in [3.8, 4) is 0 Å². The number of carbonyl (C=O) groups excluding carboxylic acids is 2. The molecule has 5 atom stereocenters. The van der Waals surface area contributed by atoms with Gasteiger partial charge in [0.05, 0.1) is 34.2 Å². The Morgan fingerprint density at radius 1 is 0.765 bits per heavy atom. The number of aromatic nitrogens is 2. The van der Waals surface area contributed by atoms with Gasteiger partial charge in [0.1, 0.15) is 12.2 Å². The summed E-state index contributed by atoms with van der Waals surface area (Å²) in [7, 11) is 0. The molecule has 4 aliphatic rings. The van der Waals surface area contributed by atoms with Gasteiger partial charge in [-0.1, -0.05) is 36.4 Å². The molecule has 1 unspecified atom stereocenters. The molecule has 3 aliphatic heterocycles. The SMILES string of the molecule is O=C1NC(=O)c2c1c1c3ccccc3n3c1c1c2c2ccccc2n1[C@H]1C[C@@H]3[C@@H]2OS(=O)O[C@@H]21. The molecular weight excluding hydrogens is 454 g/mol. The van der Waals surface area contributed by atoms with E-state index in [-0.39, 0.29) is 36.1 Å². The maximum absolute atomic E-state index is 13.2. The Balaban J connectivity index is 1.65. The van der Waals surface area contributed by atoms with Gasteiger partial charge in [0.25, 0.3) is 11.8 Å². The summed E-state index contributed by atoms with van der Waals surface area (Å²) in [6, 6.07) is 15.7. The number of fused-ring (bicyclic) bond motifs is 11. The predicted octanol–water partition coefficient (Wildman–Crippen LogP) is 3.65. The summed E-state index contributed by atoms with van der Waals surface area (Å²) >= 11 is -1.81. The van der Waals surface area contributed by atoms with E-state index < -0.39 is 11.4 Å². The molecule has 0 radical (unpaired) electrons. The minimum atomic E-state index is -1.81. The van der Waals surface area contributed by atoms with Gasteiger partial charge in [0.2, 0.25) is 0 Å². The lowest BCUT2D eigenvalue weighted by Gasteiger charge is -2.22. The van der Waals surface area contributed by atoms with E-state index in [9.17, 15) is 13.8 Å². The summed E-state index contributed by atoms with van der Waals surface area (Å²) in [6.45, 7) is 0. The van der Waals surface area contributed by atoms with Crippen LogP contribution in [0.2, 0.25) is 0 Å². The number of para-hydroxylation sites is 2. The van der Waals surface area contributed by atoms with E-state index in [1.54, 1.807) is 0 Å². The van der Waals surface area contributed by atoms with Crippen molar-refractivity contribution in [3.05, 3.63) is 59.7 Å². The van der Waals surface area contributed by atoms with E-state index in [1.165, 1.54) is 0 Å². The van der Waals surface area contributed by atoms with Crippen molar-refractivity contribution in [1.82, 2.24) is 14.5 Å². The van der Waals surface area contributed by atoms with Crippen molar-refractivity contribution in [2.24, 2.45) is 0 Å². The molecule has 2 fully saturated rings. The van der Waals surface area contributed by atoms with E-state index >= 15 is 0 Å². The molecule has 1 N–H and O–H groups in total. The van der Waals surface area contributed by atoms with Crippen LogP contribution in [0.15, 0.2) is 48.5 Å². The minimum Gasteiger partial charge on any atom is -0.333 e. The van der Waals surface area contributed by atoms with Crippen LogP contribution >= 0.6 is 0 Å². The molecule has 9 heteroatoms. The van der Waals surface area contributed by atoms with Gasteiger partial charge in [0, 0.05) is 32.6 Å². The Morgan fingerprint density at radius 3 is 1.74 bits per heavy atom. The van der Waals surface area contributed by atoms with Crippen LogP contribution in [0.3, 0.4) is 0 Å². The summed E-state index contributed by atoms with van der Waals surface area (Å²) in [5.41, 5.74) is 4.64. The minimum absolute atomic E-state index is 0.121. The Bertz CT molecular complexity index is 1740. The second kappa shape index (κ2) is 5.57. The van der Waals surface area contributed by atoms with Gasteiger partial charge in [-0.3, -0.25) is 23.3 Å². The number of amides is 2. The van der Waals surface area contributed by atoms with Gasteiger partial charge in [-0.05, 0) is 18.6 Å². The van der Waals surface area contributed by atoms with Gasteiger partial charge in [-0.25, -0.2) is 0 Å². The number of imide groups is 1. The average molecular weight is 469 g/mol. The molecule has 1 aliphatic carbocycles. The molecule has 5 heterocycles. The van der Waals surface area contributed by atoms with Crippen LogP contribution < -0.4 is 5.32 Å². The van der Waals surface area contributed by atoms with Crippen molar-refractivity contribution in [2.75, 3.05) is 0 Å². The number of hydrogen-bond acceptors (Lipinski definition) is 5. The first-order valence-corrected chi connectivity index (χ1v) is 12.3. The van der Waals surface area contributed by atoms with Crippen molar-refractivity contribution >= 4 is 66.8 Å². The van der Waals surface area contributed by atoms with Crippen molar-refractivity contribution in [1.29, 1.82) is 0 Å². The number of hydrogen-bond donors (Lipinski definition) is 1. The van der Waals surface area contributed by atoms with E-state index in [0.29, 0.717) is 11.1 Å². The van der Waals surface area contributed by atoms with Gasteiger partial charge in [-0.2, -0.15) is 4.21 Å². The first kappa shape index (κ1) is 17.9. The number of benzene rings is 3. The highest BCUT2D eigenvalue weighted by atomic mass is 32.2. The zero-order chi connectivity index (χ0) is 22.5. The van der Waals surface area contributed by atoms with E-state index in [0.717, 1.165) is 50.0 Å². The maximum atomic E-state index is 13.2. The van der Waals surface area contributed by atoms with Gasteiger partial charge >= 0.3 is 11.4 Å². The molecule has 166 valence electrons. The van der Waals surface area contributed by atoms with Crippen LogP contribution in [-0.2, 0) is 19.7 Å². The number of nitrogens with one attached hydrogen (secondary N) is 1. The molecule has 2 aromatic heterocycles. The van der Waals surface area contributed by atoms with Gasteiger partial charge in [-0.15, -0.1) is 0 Å². The van der Waals surface area contributed by atoms with Crippen LogP contribution in [0.4, 0.5) is 0 Å². The van der Waals surface area contributed by atoms with Crippen LogP contribution in [0.5, 0.6) is 0 Å². The monoisotopic (exact) mass is 469 g/mol. The zero-order valence-corrected chi connectivity index (χ0v) is 18.3. The standard InChI is InChI=1S/C25H15N3O5S/c29-24-18-16-10-5-1-3-7-12(10)27-14-9-15(23-22(14)32-34(31)33-23)28-13-8-4-2-6-11(13)17(21(28)20(16)27)19(18)25(30)26-24/h1-8,14-15,22-23H,9H2,(H,26,29,30)/t14-,15+,22+,23-,34?. The summed E-state index contributed by atoms with van der Waals surface area (Å²) < 4.78 is 28.5. The van der Waals surface area contributed by atoms with Crippen molar-refractivity contribution < 1.29 is 22.2 Å². The lowest BCUT2D eigenvalue weighted by atomic mass is 9.96. The molecule has 3 aromatic carbocycles. The summed E-state index contributed by atoms with van der Waals surface area (Å²) in [5, 5.41) is 5.95. The zero-order valence-electron chi connectivity index (χ0n) is 17.5. The number of carbonyl (C=O) groups is 2. The lowest BCUT2D eigenvalue weighted by Crippen LogP contribution is -2.29. The molecule has 1 saturated heterocycles. The molecule has 0 spiro atoms. The normalized spacial score (nSPS) is 29.0. The Hall–Kier alpha value is -3.53. The molecular formula is C25H15N3O5S. The van der Waals surface area contributed by atoms with Gasteiger partial charge in [0.15, 0.2) is 0 Å². The molecule has 8 nitrogen and oxygen atoms in total. The highest BCUT2D eigenvalue weighted by Crippen LogP contribution is 2.56. The summed E-state index contributed by atoms with van der Waals surface area (Å²) in [6.07, 6.45) is -0.0241.